The molecule has 0 spiro atoms. The molecule has 11 heavy (non-hydrogen) atoms. The number of carbonyl (C=O) groups excluding carboxylic acids is 1. The summed E-state index contributed by atoms with van der Waals surface area (Å²) in [7, 11) is 0. The van der Waals surface area contributed by atoms with Gasteiger partial charge in [-0.1, -0.05) is 6.07 Å². The first kappa shape index (κ1) is 9.49. The van der Waals surface area contributed by atoms with Gasteiger partial charge in [-0.3, -0.25) is 0 Å². The van der Waals surface area contributed by atoms with Crippen LogP contribution in [0.1, 0.15) is 6.92 Å². The zero-order valence-corrected chi connectivity index (χ0v) is 6.32. The van der Waals surface area contributed by atoms with Crippen molar-refractivity contribution >= 4 is 12.0 Å². The van der Waals surface area contributed by atoms with E-state index in [1.807, 2.05) is 0 Å². The number of carbonyl (C=O) groups is 1. The highest BCUT2D eigenvalue weighted by molar-refractivity contribution is 5.44. The molecule has 0 aromatic heterocycles. The van der Waals surface area contributed by atoms with Crippen LogP contribution in [0.3, 0.4) is 0 Å². The zero-order chi connectivity index (χ0) is 8.69. The molecule has 0 fully saturated rings. The van der Waals surface area contributed by atoms with E-state index in [1.54, 1.807) is 18.2 Å². The van der Waals surface area contributed by atoms with Crippen LogP contribution in [-0.2, 0) is 4.79 Å². The van der Waals surface area contributed by atoms with Crippen molar-refractivity contribution in [3.05, 3.63) is 24.3 Å². The summed E-state index contributed by atoms with van der Waals surface area (Å²) < 4.78 is 0. The quantitative estimate of drug-likeness (QED) is 0.434. The molecule has 0 radical (unpaired) electrons. The smallest absolute Gasteiger partial charge is 0.117 e. The maximum Gasteiger partial charge on any atom is 0.117 e. The van der Waals surface area contributed by atoms with E-state index >= 15 is 0 Å². The second-order valence-electron chi connectivity index (χ2n) is 1.83. The van der Waals surface area contributed by atoms with Gasteiger partial charge in [-0.2, -0.15) is 0 Å². The molecule has 0 heterocycles. The van der Waals surface area contributed by atoms with E-state index in [9.17, 15) is 0 Å². The van der Waals surface area contributed by atoms with Crippen LogP contribution >= 0.6 is 0 Å². The van der Waals surface area contributed by atoms with Crippen LogP contribution in [0.4, 0.5) is 5.69 Å². The van der Waals surface area contributed by atoms with Gasteiger partial charge < -0.3 is 15.6 Å². The molecule has 1 rings (SSSR count). The fourth-order valence-electron chi connectivity index (χ4n) is 0.525. The Morgan fingerprint density at radius 2 is 2.09 bits per heavy atom. The second kappa shape index (κ2) is 5.29. The average molecular weight is 153 g/mol. The van der Waals surface area contributed by atoms with Gasteiger partial charge in [-0.25, -0.2) is 0 Å². The summed E-state index contributed by atoms with van der Waals surface area (Å²) in [5, 5.41) is 8.73. The summed E-state index contributed by atoms with van der Waals surface area (Å²) in [6.07, 6.45) is 0.750. The second-order valence-corrected chi connectivity index (χ2v) is 1.83. The number of nitrogens with two attached hydrogens (primary N) is 1. The molecule has 0 saturated heterocycles. The summed E-state index contributed by atoms with van der Waals surface area (Å²) in [4.78, 5) is 8.81. The Kier molecular flexibility index (Phi) is 4.56. The van der Waals surface area contributed by atoms with Gasteiger partial charge in [0.25, 0.3) is 0 Å². The number of benzene rings is 1. The Morgan fingerprint density at radius 3 is 2.36 bits per heavy atom. The monoisotopic (exact) mass is 153 g/mol. The minimum absolute atomic E-state index is 0.213. The van der Waals surface area contributed by atoms with Gasteiger partial charge in [0.1, 0.15) is 12.0 Å². The standard InChI is InChI=1S/C6H7NO.C2H4O/c7-5-2-1-3-6(8)4-5;1-2-3/h1-4,8H,7H2;2H,1H3. The summed E-state index contributed by atoms with van der Waals surface area (Å²) in [5.41, 5.74) is 5.89. The average Bonchev–Trinajstić information content (AvgIpc) is 1.88. The van der Waals surface area contributed by atoms with Crippen LogP contribution in [0.25, 0.3) is 0 Å². The minimum Gasteiger partial charge on any atom is -0.508 e. The van der Waals surface area contributed by atoms with E-state index in [-0.39, 0.29) is 5.75 Å². The molecular formula is C8H11NO2. The number of phenolic OH excluding ortho intramolecular Hbond substituents is 1. The number of aromatic hydroxyl groups is 1. The highest BCUT2D eigenvalue weighted by Gasteiger charge is 1.83. The zero-order valence-electron chi connectivity index (χ0n) is 6.32. The Balaban J connectivity index is 0.000000292. The number of phenols is 1. The Morgan fingerprint density at radius 1 is 1.55 bits per heavy atom. The molecule has 0 bridgehead atoms. The molecule has 0 atom stereocenters. The van der Waals surface area contributed by atoms with E-state index in [0.717, 1.165) is 6.29 Å². The van der Waals surface area contributed by atoms with Crippen molar-refractivity contribution in [2.75, 3.05) is 5.73 Å². The topological polar surface area (TPSA) is 63.3 Å². The molecule has 60 valence electrons. The number of anilines is 1. The third-order valence-electron chi connectivity index (χ3n) is 0.870. The molecule has 0 unspecified atom stereocenters. The lowest BCUT2D eigenvalue weighted by Gasteiger charge is -1.90. The summed E-state index contributed by atoms with van der Waals surface area (Å²) in [6, 6.07) is 6.50. The molecule has 1 aromatic carbocycles. The molecule has 3 N–H and O–H groups in total. The number of aldehydes is 1. The summed E-state index contributed by atoms with van der Waals surface area (Å²) in [5.74, 6) is 0.213. The molecule has 3 heteroatoms. The molecule has 0 aliphatic heterocycles. The van der Waals surface area contributed by atoms with Gasteiger partial charge in [-0.15, -0.1) is 0 Å². The number of hydrogen-bond donors (Lipinski definition) is 2. The van der Waals surface area contributed by atoms with E-state index in [4.69, 9.17) is 15.6 Å². The van der Waals surface area contributed by atoms with Crippen LogP contribution in [0.15, 0.2) is 24.3 Å². The molecule has 0 aliphatic rings. The first-order valence-corrected chi connectivity index (χ1v) is 3.15. The largest absolute Gasteiger partial charge is 0.508 e. The minimum atomic E-state index is 0.213. The van der Waals surface area contributed by atoms with Gasteiger partial charge >= 0.3 is 0 Å². The third kappa shape index (κ3) is 4.96. The summed E-state index contributed by atoms with van der Waals surface area (Å²) in [6.45, 7) is 1.44. The lowest BCUT2D eigenvalue weighted by molar-refractivity contribution is -0.106. The number of rotatable bonds is 0. The van der Waals surface area contributed by atoms with Crippen molar-refractivity contribution in [1.82, 2.24) is 0 Å². The van der Waals surface area contributed by atoms with E-state index in [1.165, 1.54) is 13.0 Å². The fraction of sp³-hybridized carbons (Fsp3) is 0.125. The normalized spacial score (nSPS) is 7.73. The predicted molar refractivity (Wildman–Crippen MR) is 44.3 cm³/mol. The van der Waals surface area contributed by atoms with Crippen LogP contribution in [0.2, 0.25) is 0 Å². The van der Waals surface area contributed by atoms with Crippen LogP contribution in [0.5, 0.6) is 5.75 Å². The number of hydrogen-bond acceptors (Lipinski definition) is 3. The molecule has 0 saturated carbocycles. The Bertz CT molecular complexity index is 206. The lowest BCUT2D eigenvalue weighted by atomic mass is 10.3. The van der Waals surface area contributed by atoms with E-state index < -0.39 is 0 Å². The molecular weight excluding hydrogens is 142 g/mol. The molecule has 0 aliphatic carbocycles. The predicted octanol–water partition coefficient (Wildman–Crippen LogP) is 1.18. The van der Waals surface area contributed by atoms with Crippen LogP contribution < -0.4 is 5.73 Å². The van der Waals surface area contributed by atoms with Crippen molar-refractivity contribution in [1.29, 1.82) is 0 Å². The van der Waals surface area contributed by atoms with Gasteiger partial charge in [0.15, 0.2) is 0 Å². The van der Waals surface area contributed by atoms with Crippen LogP contribution in [-0.4, -0.2) is 11.4 Å². The number of nitrogen functional groups attached to an aromatic ring is 1. The van der Waals surface area contributed by atoms with Crippen molar-refractivity contribution in [3.63, 3.8) is 0 Å². The molecule has 1 aromatic rings. The molecule has 3 nitrogen and oxygen atoms in total. The highest BCUT2D eigenvalue weighted by Crippen LogP contribution is 2.10. The Labute approximate surface area is 65.5 Å². The maximum atomic E-state index is 8.81. The van der Waals surface area contributed by atoms with Crippen molar-refractivity contribution in [3.8, 4) is 5.75 Å². The van der Waals surface area contributed by atoms with Crippen molar-refractivity contribution < 1.29 is 9.90 Å². The van der Waals surface area contributed by atoms with Gasteiger partial charge in [-0.05, 0) is 19.1 Å². The van der Waals surface area contributed by atoms with E-state index in [2.05, 4.69) is 0 Å². The van der Waals surface area contributed by atoms with Gasteiger partial charge in [0, 0.05) is 11.8 Å². The summed E-state index contributed by atoms with van der Waals surface area (Å²) >= 11 is 0. The van der Waals surface area contributed by atoms with Crippen LogP contribution in [0, 0.1) is 0 Å². The first-order chi connectivity index (χ1) is 5.20. The van der Waals surface area contributed by atoms with Gasteiger partial charge in [0.2, 0.25) is 0 Å². The van der Waals surface area contributed by atoms with E-state index in [0.29, 0.717) is 5.69 Å². The fourth-order valence-corrected chi connectivity index (χ4v) is 0.525. The van der Waals surface area contributed by atoms with Gasteiger partial charge in [0.05, 0.1) is 0 Å². The van der Waals surface area contributed by atoms with Crippen molar-refractivity contribution in [2.24, 2.45) is 0 Å². The maximum absolute atomic E-state index is 8.81. The SMILES string of the molecule is CC=O.Nc1cccc(O)c1. The Hall–Kier alpha value is -1.51. The first-order valence-electron chi connectivity index (χ1n) is 3.15. The third-order valence-corrected chi connectivity index (χ3v) is 0.870. The lowest BCUT2D eigenvalue weighted by Crippen LogP contribution is -1.80. The van der Waals surface area contributed by atoms with Crippen molar-refractivity contribution in [2.45, 2.75) is 6.92 Å². The molecule has 0 amide bonds. The highest BCUT2D eigenvalue weighted by atomic mass is 16.3.